The lowest BCUT2D eigenvalue weighted by atomic mass is 9.70. The molecule has 0 spiro atoms. The molecular weight excluding hydrogens is 332 g/mol. The van der Waals surface area contributed by atoms with Crippen LogP contribution in [0.2, 0.25) is 0 Å². The highest BCUT2D eigenvalue weighted by atomic mass is 16.4. The van der Waals surface area contributed by atoms with Gasteiger partial charge in [0.15, 0.2) is 0 Å². The first-order chi connectivity index (χ1) is 12.4. The number of carboxylic acids is 2. The summed E-state index contributed by atoms with van der Waals surface area (Å²) in [6.45, 7) is 5.61. The average Bonchev–Trinajstić information content (AvgIpc) is 2.62. The van der Waals surface area contributed by atoms with E-state index < -0.39 is 29.3 Å². The number of carbonyl (C=O) groups excluding carboxylic acids is 1. The molecule has 0 bridgehead atoms. The maximum absolute atomic E-state index is 12.5. The molecule has 0 heterocycles. The molecule has 1 atom stereocenters. The van der Waals surface area contributed by atoms with Gasteiger partial charge < -0.3 is 10.2 Å². The SMILES string of the molecule is C=C(C(=O)O)C(CC(=O)CCCCCCCC)(C(=O)O)c1ccccc1. The minimum Gasteiger partial charge on any atom is -0.480 e. The van der Waals surface area contributed by atoms with E-state index in [1.165, 1.54) is 18.6 Å². The first kappa shape index (κ1) is 21.6. The van der Waals surface area contributed by atoms with Crippen molar-refractivity contribution in [1.82, 2.24) is 0 Å². The van der Waals surface area contributed by atoms with Crippen molar-refractivity contribution < 1.29 is 24.6 Å². The largest absolute Gasteiger partial charge is 0.480 e. The summed E-state index contributed by atoms with van der Waals surface area (Å²) in [7, 11) is 0. The number of hydrogen-bond acceptors (Lipinski definition) is 3. The Kier molecular flexibility index (Phi) is 8.76. The van der Waals surface area contributed by atoms with Crippen LogP contribution in [0.1, 0.15) is 63.9 Å². The van der Waals surface area contributed by atoms with E-state index >= 15 is 0 Å². The van der Waals surface area contributed by atoms with Crippen LogP contribution in [-0.4, -0.2) is 27.9 Å². The number of benzene rings is 1. The summed E-state index contributed by atoms with van der Waals surface area (Å²) in [6.07, 6.45) is 5.95. The molecule has 0 aliphatic carbocycles. The van der Waals surface area contributed by atoms with Gasteiger partial charge in [-0.2, -0.15) is 0 Å². The van der Waals surface area contributed by atoms with E-state index in [9.17, 15) is 24.6 Å². The highest BCUT2D eigenvalue weighted by Crippen LogP contribution is 2.36. The summed E-state index contributed by atoms with van der Waals surface area (Å²) in [4.78, 5) is 36.0. The van der Waals surface area contributed by atoms with Crippen LogP contribution < -0.4 is 0 Å². The predicted octanol–water partition coefficient (Wildman–Crippen LogP) is 4.36. The Hall–Kier alpha value is -2.43. The summed E-state index contributed by atoms with van der Waals surface area (Å²) in [5, 5.41) is 19.2. The molecule has 26 heavy (non-hydrogen) atoms. The molecule has 1 rings (SSSR count). The fourth-order valence-corrected chi connectivity index (χ4v) is 3.10. The number of carbonyl (C=O) groups is 3. The van der Waals surface area contributed by atoms with Gasteiger partial charge in [-0.1, -0.05) is 75.9 Å². The standard InChI is InChI=1S/C21H28O5/c1-3-4-5-6-7-11-14-18(22)15-21(20(25)26,16(2)19(23)24)17-12-9-8-10-13-17/h8-10,12-13H,2-7,11,14-15H2,1H3,(H,23,24)(H,25,26). The highest BCUT2D eigenvalue weighted by Gasteiger charge is 2.47. The van der Waals surface area contributed by atoms with Crippen molar-refractivity contribution >= 4 is 17.7 Å². The zero-order valence-corrected chi connectivity index (χ0v) is 15.4. The van der Waals surface area contributed by atoms with Crippen LogP contribution in [-0.2, 0) is 19.8 Å². The second-order valence-electron chi connectivity index (χ2n) is 6.59. The van der Waals surface area contributed by atoms with Gasteiger partial charge >= 0.3 is 11.9 Å². The molecule has 0 amide bonds. The van der Waals surface area contributed by atoms with Crippen LogP contribution in [0.4, 0.5) is 0 Å². The van der Waals surface area contributed by atoms with Gasteiger partial charge in [0.25, 0.3) is 0 Å². The van der Waals surface area contributed by atoms with Crippen molar-refractivity contribution in [3.8, 4) is 0 Å². The number of carboxylic acid groups (broad SMARTS) is 2. The third-order valence-electron chi connectivity index (χ3n) is 4.68. The van der Waals surface area contributed by atoms with Crippen LogP contribution in [0.5, 0.6) is 0 Å². The monoisotopic (exact) mass is 360 g/mol. The van der Waals surface area contributed by atoms with Gasteiger partial charge in [0.1, 0.15) is 11.2 Å². The van der Waals surface area contributed by atoms with Gasteiger partial charge in [-0.25, -0.2) is 4.79 Å². The van der Waals surface area contributed by atoms with Crippen LogP contribution in [0, 0.1) is 0 Å². The lowest BCUT2D eigenvalue weighted by Gasteiger charge is -2.29. The van der Waals surface area contributed by atoms with Gasteiger partial charge in [0, 0.05) is 12.8 Å². The first-order valence-electron chi connectivity index (χ1n) is 9.09. The van der Waals surface area contributed by atoms with Gasteiger partial charge in [-0.05, 0) is 12.0 Å². The summed E-state index contributed by atoms with van der Waals surface area (Å²) in [6, 6.07) is 8.01. The van der Waals surface area contributed by atoms with Gasteiger partial charge in [0.05, 0.1) is 5.57 Å². The summed E-state index contributed by atoms with van der Waals surface area (Å²) in [5.41, 5.74) is -2.17. The third-order valence-corrected chi connectivity index (χ3v) is 4.68. The molecule has 2 N–H and O–H groups in total. The number of aliphatic carboxylic acids is 2. The quantitative estimate of drug-likeness (QED) is 0.403. The number of hydrogen-bond donors (Lipinski definition) is 2. The third kappa shape index (κ3) is 5.55. The Morgan fingerprint density at radius 3 is 2.08 bits per heavy atom. The van der Waals surface area contributed by atoms with Gasteiger partial charge in [-0.15, -0.1) is 0 Å². The molecule has 0 aromatic heterocycles. The van der Waals surface area contributed by atoms with Crippen LogP contribution in [0.25, 0.3) is 0 Å². The molecule has 0 radical (unpaired) electrons. The second kappa shape index (κ2) is 10.5. The van der Waals surface area contributed by atoms with Crippen molar-refractivity contribution in [3.63, 3.8) is 0 Å². The zero-order valence-electron chi connectivity index (χ0n) is 15.4. The van der Waals surface area contributed by atoms with E-state index in [-0.39, 0.29) is 17.8 Å². The smallest absolute Gasteiger partial charge is 0.332 e. The Labute approximate surface area is 154 Å². The fourth-order valence-electron chi connectivity index (χ4n) is 3.10. The van der Waals surface area contributed by atoms with Crippen molar-refractivity contribution in [1.29, 1.82) is 0 Å². The van der Waals surface area contributed by atoms with Crippen molar-refractivity contribution in [2.75, 3.05) is 0 Å². The molecule has 142 valence electrons. The first-order valence-corrected chi connectivity index (χ1v) is 9.09. The van der Waals surface area contributed by atoms with Crippen LogP contribution in [0.15, 0.2) is 42.5 Å². The van der Waals surface area contributed by atoms with E-state index in [0.29, 0.717) is 6.42 Å². The second-order valence-corrected chi connectivity index (χ2v) is 6.59. The minimum absolute atomic E-state index is 0.251. The fraction of sp³-hybridized carbons (Fsp3) is 0.476. The Balaban J connectivity index is 2.93. The normalized spacial score (nSPS) is 13.0. The Morgan fingerprint density at radius 1 is 0.962 bits per heavy atom. The Bertz CT molecular complexity index is 635. The molecule has 0 aliphatic heterocycles. The number of unbranched alkanes of at least 4 members (excludes halogenated alkanes) is 5. The maximum Gasteiger partial charge on any atom is 0.332 e. The van der Waals surface area contributed by atoms with E-state index in [4.69, 9.17) is 0 Å². The molecular formula is C21H28O5. The molecule has 1 aromatic rings. The van der Waals surface area contributed by atoms with E-state index in [0.717, 1.165) is 25.7 Å². The van der Waals surface area contributed by atoms with Crippen LogP contribution in [0.3, 0.4) is 0 Å². The van der Waals surface area contributed by atoms with Crippen molar-refractivity contribution in [3.05, 3.63) is 48.0 Å². The van der Waals surface area contributed by atoms with Crippen LogP contribution >= 0.6 is 0 Å². The number of rotatable bonds is 13. The molecule has 5 nitrogen and oxygen atoms in total. The summed E-state index contributed by atoms with van der Waals surface area (Å²) in [5.74, 6) is -3.04. The lowest BCUT2D eigenvalue weighted by Crippen LogP contribution is -2.42. The molecule has 0 aliphatic rings. The Morgan fingerprint density at radius 2 is 1.54 bits per heavy atom. The minimum atomic E-state index is -1.94. The zero-order chi connectivity index (χ0) is 19.6. The molecule has 1 aromatic carbocycles. The maximum atomic E-state index is 12.5. The molecule has 1 unspecified atom stereocenters. The molecule has 5 heteroatoms. The summed E-state index contributed by atoms with van der Waals surface area (Å²) >= 11 is 0. The van der Waals surface area contributed by atoms with Crippen molar-refractivity contribution in [2.24, 2.45) is 0 Å². The highest BCUT2D eigenvalue weighted by molar-refractivity contribution is 6.03. The molecule has 0 saturated heterocycles. The van der Waals surface area contributed by atoms with Crippen molar-refractivity contribution in [2.45, 2.75) is 63.7 Å². The van der Waals surface area contributed by atoms with E-state index in [2.05, 4.69) is 13.5 Å². The van der Waals surface area contributed by atoms with E-state index in [1.54, 1.807) is 18.2 Å². The van der Waals surface area contributed by atoms with E-state index in [1.807, 2.05) is 0 Å². The molecule has 0 fully saturated rings. The summed E-state index contributed by atoms with van der Waals surface area (Å²) < 4.78 is 0. The van der Waals surface area contributed by atoms with Gasteiger partial charge in [-0.3, -0.25) is 9.59 Å². The topological polar surface area (TPSA) is 91.7 Å². The van der Waals surface area contributed by atoms with Gasteiger partial charge in [0.2, 0.25) is 0 Å². The average molecular weight is 360 g/mol. The molecule has 0 saturated carbocycles. The number of Topliss-reactive ketones (excluding diaryl/α,β-unsaturated/α-hetero) is 1. The lowest BCUT2D eigenvalue weighted by molar-refractivity contribution is -0.147. The predicted molar refractivity (Wildman–Crippen MR) is 100 cm³/mol. The number of ketones is 1.